The second-order valence-electron chi connectivity index (χ2n) is 3.94. The molecule has 3 nitrogen and oxygen atoms in total. The molecule has 18 heavy (non-hydrogen) atoms. The molecule has 3 rings (SSSR count). The molecule has 3 aromatic rings. The maximum Gasteiger partial charge on any atom is 0.151 e. The topological polar surface area (TPSA) is 43.8 Å². The van der Waals surface area contributed by atoms with Crippen LogP contribution >= 0.6 is 0 Å². The molecule has 0 aliphatic rings. The lowest BCUT2D eigenvalue weighted by Gasteiger charge is -2.08. The number of nitrogen functional groups attached to an aromatic ring is 1. The number of para-hydroxylation sites is 1. The van der Waals surface area contributed by atoms with E-state index in [1.807, 2.05) is 24.3 Å². The van der Waals surface area contributed by atoms with Crippen molar-refractivity contribution in [3.8, 4) is 5.69 Å². The Hall–Kier alpha value is -2.43. The number of halogens is 2. The van der Waals surface area contributed by atoms with Gasteiger partial charge in [-0.05, 0) is 6.07 Å². The van der Waals surface area contributed by atoms with Gasteiger partial charge in [0.25, 0.3) is 0 Å². The number of anilines is 1. The Morgan fingerprint density at radius 3 is 2.72 bits per heavy atom. The lowest BCUT2D eigenvalue weighted by atomic mass is 10.2. The maximum absolute atomic E-state index is 13.4. The lowest BCUT2D eigenvalue weighted by molar-refractivity contribution is 0.584. The standard InChI is InChI=1S/C13H9F2N3/c14-9-5-10(15)13(16)12(6-9)18-11-4-2-1-3-8(11)7-17-18/h1-7H,16H2. The minimum atomic E-state index is -0.787. The SMILES string of the molecule is Nc1c(F)cc(F)cc1-n1ncc2ccccc21. The number of aromatic nitrogens is 2. The summed E-state index contributed by atoms with van der Waals surface area (Å²) in [6, 6.07) is 9.29. The highest BCUT2D eigenvalue weighted by Crippen LogP contribution is 2.25. The quantitative estimate of drug-likeness (QED) is 0.670. The number of rotatable bonds is 1. The molecule has 0 aliphatic heterocycles. The normalized spacial score (nSPS) is 11.0. The second kappa shape index (κ2) is 3.80. The number of hydrogen-bond donors (Lipinski definition) is 1. The molecule has 90 valence electrons. The molecule has 1 heterocycles. The predicted molar refractivity (Wildman–Crippen MR) is 65.4 cm³/mol. The van der Waals surface area contributed by atoms with Crippen molar-refractivity contribution in [1.82, 2.24) is 9.78 Å². The van der Waals surface area contributed by atoms with E-state index >= 15 is 0 Å². The summed E-state index contributed by atoms with van der Waals surface area (Å²) in [5, 5.41) is 4.99. The summed E-state index contributed by atoms with van der Waals surface area (Å²) < 4.78 is 28.1. The first-order valence-corrected chi connectivity index (χ1v) is 5.34. The average molecular weight is 245 g/mol. The van der Waals surface area contributed by atoms with Gasteiger partial charge >= 0.3 is 0 Å². The van der Waals surface area contributed by atoms with Crippen LogP contribution in [-0.4, -0.2) is 9.78 Å². The summed E-state index contributed by atoms with van der Waals surface area (Å²) in [7, 11) is 0. The predicted octanol–water partition coefficient (Wildman–Crippen LogP) is 2.89. The van der Waals surface area contributed by atoms with Crippen LogP contribution in [0.25, 0.3) is 16.6 Å². The molecule has 5 heteroatoms. The molecule has 0 saturated carbocycles. The van der Waals surface area contributed by atoms with Crippen molar-refractivity contribution in [2.24, 2.45) is 0 Å². The van der Waals surface area contributed by atoms with E-state index in [2.05, 4.69) is 5.10 Å². The highest BCUT2D eigenvalue weighted by atomic mass is 19.1. The van der Waals surface area contributed by atoms with Crippen LogP contribution < -0.4 is 5.73 Å². The Morgan fingerprint density at radius 2 is 1.89 bits per heavy atom. The molecule has 0 fully saturated rings. The van der Waals surface area contributed by atoms with Gasteiger partial charge < -0.3 is 5.73 Å². The van der Waals surface area contributed by atoms with Crippen LogP contribution in [0.5, 0.6) is 0 Å². The van der Waals surface area contributed by atoms with E-state index in [0.29, 0.717) is 0 Å². The molecule has 0 radical (unpaired) electrons. The fraction of sp³-hybridized carbons (Fsp3) is 0. The molecule has 0 atom stereocenters. The number of nitrogens with zero attached hydrogens (tertiary/aromatic N) is 2. The van der Waals surface area contributed by atoms with E-state index in [-0.39, 0.29) is 11.4 Å². The van der Waals surface area contributed by atoms with Crippen molar-refractivity contribution in [2.75, 3.05) is 5.73 Å². The molecule has 0 aliphatic carbocycles. The molecular weight excluding hydrogens is 236 g/mol. The third kappa shape index (κ3) is 1.52. The van der Waals surface area contributed by atoms with Crippen LogP contribution in [0.2, 0.25) is 0 Å². The van der Waals surface area contributed by atoms with Crippen molar-refractivity contribution in [3.05, 3.63) is 54.2 Å². The molecule has 0 spiro atoms. The van der Waals surface area contributed by atoms with Crippen LogP contribution in [0, 0.1) is 11.6 Å². The zero-order valence-electron chi connectivity index (χ0n) is 9.27. The Bertz CT molecular complexity index is 734. The van der Waals surface area contributed by atoms with Crippen LogP contribution in [-0.2, 0) is 0 Å². The Kier molecular flexibility index (Phi) is 2.26. The van der Waals surface area contributed by atoms with Gasteiger partial charge in [-0.15, -0.1) is 0 Å². The first kappa shape index (κ1) is 10.7. The zero-order chi connectivity index (χ0) is 12.7. The monoisotopic (exact) mass is 245 g/mol. The van der Waals surface area contributed by atoms with Gasteiger partial charge in [0.05, 0.1) is 23.1 Å². The molecule has 0 unspecified atom stereocenters. The fourth-order valence-electron chi connectivity index (χ4n) is 1.91. The Morgan fingerprint density at radius 1 is 1.11 bits per heavy atom. The molecule has 0 amide bonds. The summed E-state index contributed by atoms with van der Waals surface area (Å²) in [5.41, 5.74) is 6.46. The zero-order valence-corrected chi connectivity index (χ0v) is 9.27. The van der Waals surface area contributed by atoms with Crippen LogP contribution in [0.4, 0.5) is 14.5 Å². The number of hydrogen-bond acceptors (Lipinski definition) is 2. The van der Waals surface area contributed by atoms with Crippen molar-refractivity contribution in [1.29, 1.82) is 0 Å². The number of benzene rings is 2. The summed E-state index contributed by atoms with van der Waals surface area (Å²) in [6.07, 6.45) is 1.62. The summed E-state index contributed by atoms with van der Waals surface area (Å²) >= 11 is 0. The van der Waals surface area contributed by atoms with E-state index in [9.17, 15) is 8.78 Å². The second-order valence-corrected chi connectivity index (χ2v) is 3.94. The van der Waals surface area contributed by atoms with Gasteiger partial charge in [0.15, 0.2) is 5.82 Å². The Labute approximate surface area is 101 Å². The number of fused-ring (bicyclic) bond motifs is 1. The highest BCUT2D eigenvalue weighted by molar-refractivity contribution is 5.81. The van der Waals surface area contributed by atoms with Crippen LogP contribution in [0.3, 0.4) is 0 Å². The van der Waals surface area contributed by atoms with Gasteiger partial charge in [-0.3, -0.25) is 0 Å². The maximum atomic E-state index is 13.4. The first-order chi connectivity index (χ1) is 8.66. The fourth-order valence-corrected chi connectivity index (χ4v) is 1.91. The van der Waals surface area contributed by atoms with Crippen LogP contribution in [0.15, 0.2) is 42.6 Å². The summed E-state index contributed by atoms with van der Waals surface area (Å²) in [5.74, 6) is -1.47. The van der Waals surface area contributed by atoms with Crippen LogP contribution in [0.1, 0.15) is 0 Å². The largest absolute Gasteiger partial charge is 0.395 e. The van der Waals surface area contributed by atoms with Crippen molar-refractivity contribution >= 4 is 16.6 Å². The van der Waals surface area contributed by atoms with Crippen molar-refractivity contribution in [2.45, 2.75) is 0 Å². The molecular formula is C13H9F2N3. The van der Waals surface area contributed by atoms with Crippen molar-refractivity contribution < 1.29 is 8.78 Å². The van der Waals surface area contributed by atoms with E-state index in [4.69, 9.17) is 5.73 Å². The van der Waals surface area contributed by atoms with E-state index < -0.39 is 11.6 Å². The first-order valence-electron chi connectivity index (χ1n) is 5.34. The van der Waals surface area contributed by atoms with E-state index in [1.54, 1.807) is 6.20 Å². The van der Waals surface area contributed by atoms with Gasteiger partial charge in [-0.25, -0.2) is 13.5 Å². The molecule has 2 aromatic carbocycles. The summed E-state index contributed by atoms with van der Waals surface area (Å²) in [4.78, 5) is 0. The third-order valence-corrected chi connectivity index (χ3v) is 2.78. The van der Waals surface area contributed by atoms with Gasteiger partial charge in [-0.2, -0.15) is 5.10 Å². The smallest absolute Gasteiger partial charge is 0.151 e. The van der Waals surface area contributed by atoms with Crippen molar-refractivity contribution in [3.63, 3.8) is 0 Å². The highest BCUT2D eigenvalue weighted by Gasteiger charge is 2.12. The molecule has 0 saturated heterocycles. The summed E-state index contributed by atoms with van der Waals surface area (Å²) in [6.45, 7) is 0. The van der Waals surface area contributed by atoms with E-state index in [0.717, 1.165) is 23.0 Å². The Balaban J connectivity index is 2.33. The van der Waals surface area contributed by atoms with Gasteiger partial charge in [0.2, 0.25) is 0 Å². The molecule has 0 bridgehead atoms. The average Bonchev–Trinajstić information content (AvgIpc) is 2.77. The van der Waals surface area contributed by atoms with Gasteiger partial charge in [-0.1, -0.05) is 18.2 Å². The molecule has 1 aromatic heterocycles. The third-order valence-electron chi connectivity index (χ3n) is 2.78. The minimum absolute atomic E-state index is 0.120. The minimum Gasteiger partial charge on any atom is -0.395 e. The van der Waals surface area contributed by atoms with Gasteiger partial charge in [0.1, 0.15) is 5.82 Å². The van der Waals surface area contributed by atoms with E-state index in [1.165, 1.54) is 4.68 Å². The number of nitrogens with two attached hydrogens (primary N) is 1. The van der Waals surface area contributed by atoms with Gasteiger partial charge in [0, 0.05) is 17.5 Å². The molecule has 2 N–H and O–H groups in total. The lowest BCUT2D eigenvalue weighted by Crippen LogP contribution is -2.04.